The number of halogens is 2. The van der Waals surface area contributed by atoms with E-state index in [2.05, 4.69) is 31.8 Å². The van der Waals surface area contributed by atoms with Crippen molar-refractivity contribution in [1.82, 2.24) is 19.8 Å². The van der Waals surface area contributed by atoms with Gasteiger partial charge in [0.15, 0.2) is 0 Å². The van der Waals surface area contributed by atoms with Crippen molar-refractivity contribution in [2.75, 3.05) is 44.2 Å². The number of piperazine rings is 1. The molecule has 5 rings (SSSR count). The number of benzene rings is 2. The van der Waals surface area contributed by atoms with Crippen molar-refractivity contribution in [3.63, 3.8) is 0 Å². The molecule has 2 aromatic carbocycles. The van der Waals surface area contributed by atoms with E-state index in [9.17, 15) is 5.11 Å². The number of hydrogen-bond acceptors (Lipinski definition) is 6. The number of hydrogen-bond donors (Lipinski definition) is 1. The van der Waals surface area contributed by atoms with E-state index in [-0.39, 0.29) is 6.04 Å². The summed E-state index contributed by atoms with van der Waals surface area (Å²) in [6.45, 7) is 6.08. The largest absolute Gasteiger partial charge is 0.390 e. The second-order valence-electron chi connectivity index (χ2n) is 8.31. The van der Waals surface area contributed by atoms with Gasteiger partial charge in [0, 0.05) is 50.8 Å². The van der Waals surface area contributed by atoms with E-state index < -0.39 is 6.10 Å². The SMILES string of the molecule is O[C@H]1CN(c2cnc3cccc(Cl)c3n2)C[C@@H]1N1CCN(Cc2ccc(Cl)cc2)CC1. The third kappa shape index (κ3) is 4.49. The van der Waals surface area contributed by atoms with Gasteiger partial charge in [0.05, 0.1) is 28.9 Å². The van der Waals surface area contributed by atoms with Crippen molar-refractivity contribution in [3.8, 4) is 0 Å². The van der Waals surface area contributed by atoms with E-state index in [0.717, 1.165) is 55.6 Å². The van der Waals surface area contributed by atoms with Crippen LogP contribution in [0.1, 0.15) is 5.56 Å². The average molecular weight is 458 g/mol. The molecule has 0 saturated carbocycles. The Bertz CT molecular complexity index is 1060. The molecule has 2 aliphatic heterocycles. The summed E-state index contributed by atoms with van der Waals surface area (Å²) in [5, 5.41) is 12.2. The second-order valence-corrected chi connectivity index (χ2v) is 9.16. The van der Waals surface area contributed by atoms with E-state index in [1.807, 2.05) is 30.3 Å². The minimum atomic E-state index is -0.411. The van der Waals surface area contributed by atoms with Crippen LogP contribution in [0.5, 0.6) is 0 Å². The van der Waals surface area contributed by atoms with Crippen LogP contribution < -0.4 is 4.90 Å². The van der Waals surface area contributed by atoms with E-state index >= 15 is 0 Å². The van der Waals surface area contributed by atoms with Crippen LogP contribution in [0.3, 0.4) is 0 Å². The Morgan fingerprint density at radius 1 is 0.968 bits per heavy atom. The van der Waals surface area contributed by atoms with Gasteiger partial charge in [0.2, 0.25) is 0 Å². The Hall–Kier alpha value is -1.96. The molecule has 0 spiro atoms. The molecule has 3 heterocycles. The fraction of sp³-hybridized carbons (Fsp3) is 0.391. The van der Waals surface area contributed by atoms with Gasteiger partial charge in [-0.2, -0.15) is 0 Å². The fourth-order valence-corrected chi connectivity index (χ4v) is 4.90. The van der Waals surface area contributed by atoms with Crippen LogP contribution in [-0.2, 0) is 6.54 Å². The Balaban J connectivity index is 1.21. The molecule has 1 N–H and O–H groups in total. The molecule has 0 radical (unpaired) electrons. The number of nitrogens with zero attached hydrogens (tertiary/aromatic N) is 5. The minimum absolute atomic E-state index is 0.0985. The first kappa shape index (κ1) is 20.9. The zero-order chi connectivity index (χ0) is 21.4. The van der Waals surface area contributed by atoms with E-state index in [1.54, 1.807) is 6.20 Å². The van der Waals surface area contributed by atoms with Crippen molar-refractivity contribution in [1.29, 1.82) is 0 Å². The molecular formula is C23H25Cl2N5O. The van der Waals surface area contributed by atoms with Gasteiger partial charge >= 0.3 is 0 Å². The van der Waals surface area contributed by atoms with E-state index in [0.29, 0.717) is 17.1 Å². The van der Waals surface area contributed by atoms with E-state index in [1.165, 1.54) is 5.56 Å². The standard InChI is InChI=1S/C23H25Cl2N5O/c24-17-6-4-16(5-7-17)13-28-8-10-29(11-9-28)20-14-30(15-21(20)31)22-12-26-19-3-1-2-18(25)23(19)27-22/h1-7,12,20-21,31H,8-11,13-15H2/t20-,21-/m0/s1. The quantitative estimate of drug-likeness (QED) is 0.648. The summed E-state index contributed by atoms with van der Waals surface area (Å²) in [5.41, 5.74) is 2.76. The number of rotatable bonds is 4. The first-order chi connectivity index (χ1) is 15.1. The van der Waals surface area contributed by atoms with Crippen LogP contribution >= 0.6 is 23.2 Å². The van der Waals surface area contributed by atoms with Crippen LogP contribution in [-0.4, -0.2) is 76.3 Å². The van der Waals surface area contributed by atoms with Crippen molar-refractivity contribution >= 4 is 40.1 Å². The topological polar surface area (TPSA) is 55.7 Å². The van der Waals surface area contributed by atoms with Gasteiger partial charge in [-0.25, -0.2) is 4.98 Å². The molecule has 3 aromatic rings. The first-order valence-corrected chi connectivity index (χ1v) is 11.4. The van der Waals surface area contributed by atoms with Gasteiger partial charge in [-0.3, -0.25) is 14.8 Å². The summed E-state index contributed by atoms with van der Waals surface area (Å²) in [6.07, 6.45) is 1.37. The fourth-order valence-electron chi connectivity index (χ4n) is 4.56. The van der Waals surface area contributed by atoms with Gasteiger partial charge in [-0.15, -0.1) is 0 Å². The lowest BCUT2D eigenvalue weighted by atomic mass is 10.1. The molecule has 2 fully saturated rings. The summed E-state index contributed by atoms with van der Waals surface area (Å²) < 4.78 is 0. The third-order valence-corrected chi connectivity index (χ3v) is 6.85. The Morgan fingerprint density at radius 3 is 2.52 bits per heavy atom. The highest BCUT2D eigenvalue weighted by Gasteiger charge is 2.37. The highest BCUT2D eigenvalue weighted by molar-refractivity contribution is 6.34. The van der Waals surface area contributed by atoms with Crippen LogP contribution in [0.4, 0.5) is 5.82 Å². The van der Waals surface area contributed by atoms with Crippen LogP contribution in [0.15, 0.2) is 48.7 Å². The number of fused-ring (bicyclic) bond motifs is 1. The summed E-state index contributed by atoms with van der Waals surface area (Å²) in [6, 6.07) is 13.8. The molecule has 0 bridgehead atoms. The monoisotopic (exact) mass is 457 g/mol. The van der Waals surface area contributed by atoms with E-state index in [4.69, 9.17) is 28.2 Å². The number of para-hydroxylation sites is 1. The third-order valence-electron chi connectivity index (χ3n) is 6.29. The predicted molar refractivity (Wildman–Crippen MR) is 125 cm³/mol. The van der Waals surface area contributed by atoms with Crippen LogP contribution in [0.2, 0.25) is 10.0 Å². The normalized spacial score (nSPS) is 23.0. The Kier molecular flexibility index (Phi) is 5.99. The number of aromatic nitrogens is 2. The van der Waals surface area contributed by atoms with Crippen molar-refractivity contribution in [2.45, 2.75) is 18.7 Å². The average Bonchev–Trinajstić information content (AvgIpc) is 3.18. The summed E-state index contributed by atoms with van der Waals surface area (Å²) in [4.78, 5) is 16.2. The van der Waals surface area contributed by atoms with Gasteiger partial charge in [0.1, 0.15) is 11.3 Å². The minimum Gasteiger partial charge on any atom is -0.390 e. The van der Waals surface area contributed by atoms with Gasteiger partial charge in [-0.05, 0) is 29.8 Å². The van der Waals surface area contributed by atoms with Crippen molar-refractivity contribution in [3.05, 3.63) is 64.3 Å². The summed E-state index contributed by atoms with van der Waals surface area (Å²) in [5.74, 6) is 0.767. The lowest BCUT2D eigenvalue weighted by molar-refractivity contribution is 0.0424. The molecule has 31 heavy (non-hydrogen) atoms. The molecule has 162 valence electrons. The van der Waals surface area contributed by atoms with Crippen molar-refractivity contribution in [2.24, 2.45) is 0 Å². The number of aliphatic hydroxyl groups is 1. The number of anilines is 1. The molecular weight excluding hydrogens is 433 g/mol. The smallest absolute Gasteiger partial charge is 0.148 e. The maximum atomic E-state index is 10.8. The highest BCUT2D eigenvalue weighted by atomic mass is 35.5. The van der Waals surface area contributed by atoms with Gasteiger partial charge < -0.3 is 10.0 Å². The molecule has 2 saturated heterocycles. The molecule has 0 amide bonds. The van der Waals surface area contributed by atoms with Gasteiger partial charge in [0.25, 0.3) is 0 Å². The molecule has 2 atom stereocenters. The zero-order valence-corrected chi connectivity index (χ0v) is 18.7. The zero-order valence-electron chi connectivity index (χ0n) is 17.2. The Morgan fingerprint density at radius 2 is 1.74 bits per heavy atom. The second kappa shape index (κ2) is 8.88. The maximum Gasteiger partial charge on any atom is 0.148 e. The molecule has 8 heteroatoms. The molecule has 2 aliphatic rings. The summed E-state index contributed by atoms with van der Waals surface area (Å²) >= 11 is 12.3. The van der Waals surface area contributed by atoms with Gasteiger partial charge in [-0.1, -0.05) is 41.4 Å². The predicted octanol–water partition coefficient (Wildman–Crippen LogP) is 3.30. The lowest BCUT2D eigenvalue weighted by Gasteiger charge is -2.38. The molecule has 0 aliphatic carbocycles. The lowest BCUT2D eigenvalue weighted by Crippen LogP contribution is -2.53. The maximum absolute atomic E-state index is 10.8. The van der Waals surface area contributed by atoms with Crippen LogP contribution in [0.25, 0.3) is 11.0 Å². The molecule has 1 aromatic heterocycles. The first-order valence-electron chi connectivity index (χ1n) is 10.6. The van der Waals surface area contributed by atoms with Crippen LogP contribution in [0, 0.1) is 0 Å². The molecule has 0 unspecified atom stereocenters. The number of aliphatic hydroxyl groups excluding tert-OH is 1. The van der Waals surface area contributed by atoms with Crippen molar-refractivity contribution < 1.29 is 5.11 Å². The number of β-amino-alcohol motifs (C(OH)–C–C–N with tert-alkyl or cyclic N) is 1. The highest BCUT2D eigenvalue weighted by Crippen LogP contribution is 2.26. The Labute approximate surface area is 192 Å². The molecule has 6 nitrogen and oxygen atoms in total. The summed E-state index contributed by atoms with van der Waals surface area (Å²) in [7, 11) is 0.